The number of carbonyl (C=O) groups is 1. The van der Waals surface area contributed by atoms with Crippen molar-refractivity contribution in [2.24, 2.45) is 0 Å². The average molecular weight is 340 g/mol. The lowest BCUT2D eigenvalue weighted by Crippen LogP contribution is -2.06. The van der Waals surface area contributed by atoms with E-state index in [1.165, 1.54) is 6.92 Å². The maximum atomic E-state index is 10.7. The van der Waals surface area contributed by atoms with Gasteiger partial charge in [-0.05, 0) is 56.7 Å². The summed E-state index contributed by atoms with van der Waals surface area (Å²) >= 11 is 5.57. The van der Waals surface area contributed by atoms with Crippen LogP contribution in [0.15, 0.2) is 22.7 Å². The van der Waals surface area contributed by atoms with Crippen molar-refractivity contribution in [1.29, 1.82) is 0 Å². The SMILES string of the molecule is CC(=O)Nc1ccc(I)cc1Br. The Bertz CT molecular complexity index is 314. The first kappa shape index (κ1) is 9.98. The summed E-state index contributed by atoms with van der Waals surface area (Å²) in [5.74, 6) is -0.0584. The number of anilines is 1. The van der Waals surface area contributed by atoms with Gasteiger partial charge in [0.1, 0.15) is 0 Å². The van der Waals surface area contributed by atoms with Gasteiger partial charge >= 0.3 is 0 Å². The molecule has 64 valence electrons. The molecule has 4 heteroatoms. The van der Waals surface area contributed by atoms with Crippen LogP contribution in [-0.4, -0.2) is 5.91 Å². The van der Waals surface area contributed by atoms with Crippen molar-refractivity contribution in [2.45, 2.75) is 6.92 Å². The summed E-state index contributed by atoms with van der Waals surface area (Å²) < 4.78 is 2.04. The molecule has 0 aliphatic heterocycles. The van der Waals surface area contributed by atoms with Gasteiger partial charge in [0.05, 0.1) is 5.69 Å². The van der Waals surface area contributed by atoms with E-state index < -0.39 is 0 Å². The molecule has 0 fully saturated rings. The van der Waals surface area contributed by atoms with Gasteiger partial charge < -0.3 is 5.32 Å². The molecule has 1 aromatic rings. The maximum Gasteiger partial charge on any atom is 0.221 e. The average Bonchev–Trinajstić information content (AvgIpc) is 1.94. The van der Waals surface area contributed by atoms with E-state index in [1.807, 2.05) is 18.2 Å². The van der Waals surface area contributed by atoms with E-state index in [-0.39, 0.29) is 5.91 Å². The van der Waals surface area contributed by atoms with Crippen LogP contribution in [0.2, 0.25) is 0 Å². The second kappa shape index (κ2) is 4.23. The summed E-state index contributed by atoms with van der Waals surface area (Å²) in [7, 11) is 0. The Morgan fingerprint density at radius 2 is 2.25 bits per heavy atom. The molecule has 0 aliphatic carbocycles. The molecule has 0 unspecified atom stereocenters. The fourth-order valence-corrected chi connectivity index (χ4v) is 2.18. The molecule has 0 bridgehead atoms. The topological polar surface area (TPSA) is 29.1 Å². The van der Waals surface area contributed by atoms with Crippen molar-refractivity contribution >= 4 is 50.1 Å². The third-order valence-electron chi connectivity index (χ3n) is 1.24. The number of amides is 1. The lowest BCUT2D eigenvalue weighted by atomic mass is 10.3. The van der Waals surface area contributed by atoms with Gasteiger partial charge in [-0.1, -0.05) is 0 Å². The van der Waals surface area contributed by atoms with Crippen molar-refractivity contribution in [3.05, 3.63) is 26.2 Å². The van der Waals surface area contributed by atoms with Crippen molar-refractivity contribution < 1.29 is 4.79 Å². The van der Waals surface area contributed by atoms with Crippen LogP contribution in [0.25, 0.3) is 0 Å². The van der Waals surface area contributed by atoms with Gasteiger partial charge in [-0.25, -0.2) is 0 Å². The molecule has 1 rings (SSSR count). The Morgan fingerprint density at radius 3 is 2.75 bits per heavy atom. The number of benzene rings is 1. The fraction of sp³-hybridized carbons (Fsp3) is 0.125. The minimum Gasteiger partial charge on any atom is -0.325 e. The normalized spacial score (nSPS) is 9.58. The first-order chi connectivity index (χ1) is 5.59. The van der Waals surface area contributed by atoms with Crippen LogP contribution >= 0.6 is 38.5 Å². The van der Waals surface area contributed by atoms with Crippen LogP contribution in [0.1, 0.15) is 6.92 Å². The van der Waals surface area contributed by atoms with Crippen molar-refractivity contribution in [2.75, 3.05) is 5.32 Å². The third kappa shape index (κ3) is 2.75. The zero-order chi connectivity index (χ0) is 9.14. The molecule has 12 heavy (non-hydrogen) atoms. The Kier molecular flexibility index (Phi) is 3.52. The van der Waals surface area contributed by atoms with E-state index >= 15 is 0 Å². The summed E-state index contributed by atoms with van der Waals surface area (Å²) in [4.78, 5) is 10.7. The van der Waals surface area contributed by atoms with Gasteiger partial charge in [-0.3, -0.25) is 4.79 Å². The highest BCUT2D eigenvalue weighted by Crippen LogP contribution is 2.24. The summed E-state index contributed by atoms with van der Waals surface area (Å²) in [6.45, 7) is 1.49. The number of halogens is 2. The molecule has 0 saturated heterocycles. The zero-order valence-corrected chi connectivity index (χ0v) is 10.1. The highest BCUT2D eigenvalue weighted by atomic mass is 127. The number of rotatable bonds is 1. The lowest BCUT2D eigenvalue weighted by molar-refractivity contribution is -0.114. The van der Waals surface area contributed by atoms with Gasteiger partial charge in [0.2, 0.25) is 5.91 Å². The van der Waals surface area contributed by atoms with Gasteiger partial charge in [0.15, 0.2) is 0 Å². The zero-order valence-electron chi connectivity index (χ0n) is 6.40. The van der Waals surface area contributed by atoms with Gasteiger partial charge in [-0.15, -0.1) is 0 Å². The molecular weight excluding hydrogens is 333 g/mol. The van der Waals surface area contributed by atoms with Crippen LogP contribution in [0.4, 0.5) is 5.69 Å². The Morgan fingerprint density at radius 1 is 1.58 bits per heavy atom. The van der Waals surface area contributed by atoms with E-state index in [9.17, 15) is 4.79 Å². The molecule has 0 saturated carbocycles. The highest BCUT2D eigenvalue weighted by Gasteiger charge is 2.00. The second-order valence-electron chi connectivity index (χ2n) is 2.31. The monoisotopic (exact) mass is 339 g/mol. The summed E-state index contributed by atoms with van der Waals surface area (Å²) in [5, 5.41) is 2.71. The quantitative estimate of drug-likeness (QED) is 0.783. The smallest absolute Gasteiger partial charge is 0.221 e. The fourth-order valence-electron chi connectivity index (χ4n) is 0.780. The van der Waals surface area contributed by atoms with Crippen molar-refractivity contribution in [1.82, 2.24) is 0 Å². The van der Waals surface area contributed by atoms with Crippen molar-refractivity contribution in [3.8, 4) is 0 Å². The largest absolute Gasteiger partial charge is 0.325 e. The maximum absolute atomic E-state index is 10.7. The van der Waals surface area contributed by atoms with Crippen molar-refractivity contribution in [3.63, 3.8) is 0 Å². The highest BCUT2D eigenvalue weighted by molar-refractivity contribution is 14.1. The first-order valence-electron chi connectivity index (χ1n) is 3.32. The number of hydrogen-bond donors (Lipinski definition) is 1. The van der Waals surface area contributed by atoms with E-state index in [1.54, 1.807) is 0 Å². The van der Waals surface area contributed by atoms with E-state index in [2.05, 4.69) is 43.8 Å². The number of nitrogens with one attached hydrogen (secondary N) is 1. The molecule has 0 heterocycles. The minimum atomic E-state index is -0.0584. The minimum absolute atomic E-state index is 0.0584. The van der Waals surface area contributed by atoms with E-state index in [0.29, 0.717) is 0 Å². The molecule has 0 radical (unpaired) electrons. The number of carbonyl (C=O) groups excluding carboxylic acids is 1. The molecule has 0 aromatic heterocycles. The summed E-state index contributed by atoms with van der Waals surface area (Å²) in [6, 6.07) is 5.76. The summed E-state index contributed by atoms with van der Waals surface area (Å²) in [5.41, 5.74) is 0.808. The van der Waals surface area contributed by atoms with E-state index in [4.69, 9.17) is 0 Å². The third-order valence-corrected chi connectivity index (χ3v) is 2.57. The van der Waals surface area contributed by atoms with Gasteiger partial charge in [0.25, 0.3) is 0 Å². The van der Waals surface area contributed by atoms with Crippen LogP contribution in [0, 0.1) is 3.57 Å². The van der Waals surface area contributed by atoms with E-state index in [0.717, 1.165) is 13.7 Å². The standard InChI is InChI=1S/C8H7BrINO/c1-5(12)11-8-3-2-6(10)4-7(8)9/h2-4H,1H3,(H,11,12). The molecule has 0 atom stereocenters. The molecule has 1 N–H and O–H groups in total. The Labute approximate surface area is 93.0 Å². The second-order valence-corrected chi connectivity index (χ2v) is 4.41. The lowest BCUT2D eigenvalue weighted by Gasteiger charge is -2.04. The predicted molar refractivity (Wildman–Crippen MR) is 61.2 cm³/mol. The Hall–Kier alpha value is -0.100. The molecule has 1 aromatic carbocycles. The summed E-state index contributed by atoms with van der Waals surface area (Å²) in [6.07, 6.45) is 0. The van der Waals surface area contributed by atoms with Crippen LogP contribution < -0.4 is 5.32 Å². The molecule has 0 aliphatic rings. The molecule has 0 spiro atoms. The predicted octanol–water partition coefficient (Wildman–Crippen LogP) is 3.01. The van der Waals surface area contributed by atoms with Crippen LogP contribution in [0.3, 0.4) is 0 Å². The first-order valence-corrected chi connectivity index (χ1v) is 5.19. The molecule has 2 nitrogen and oxygen atoms in total. The van der Waals surface area contributed by atoms with Gasteiger partial charge in [0, 0.05) is 15.0 Å². The molecular formula is C8H7BrINO. The number of hydrogen-bond acceptors (Lipinski definition) is 1. The molecule has 1 amide bonds. The van der Waals surface area contributed by atoms with Gasteiger partial charge in [-0.2, -0.15) is 0 Å². The van der Waals surface area contributed by atoms with Crippen LogP contribution in [0.5, 0.6) is 0 Å². The van der Waals surface area contributed by atoms with Crippen LogP contribution in [-0.2, 0) is 4.79 Å². The Balaban J connectivity index is 2.93.